The number of sulfone groups is 1. The average Bonchev–Trinajstić information content (AvgIpc) is 2.62. The van der Waals surface area contributed by atoms with Crippen molar-refractivity contribution in [3.05, 3.63) is 76.9 Å². The number of hydrogen-bond acceptors (Lipinski definition) is 3. The average molecular weight is 442 g/mol. The molecule has 26 heavy (non-hydrogen) atoms. The van der Waals surface area contributed by atoms with Crippen molar-refractivity contribution in [1.29, 1.82) is 0 Å². The standard InChI is InChI=1S/C18H11BrF3NO2S/c19-16-9-8-14(11-15(16)17-3-1-2-10-23-17)26(24,25)13-6-4-12(5-7-13)18(20,21)22/h1-11H. The molecule has 1 aromatic heterocycles. The van der Waals surface area contributed by atoms with E-state index in [4.69, 9.17) is 0 Å². The second-order valence-corrected chi connectivity index (χ2v) is 8.19. The van der Waals surface area contributed by atoms with Crippen molar-refractivity contribution in [2.75, 3.05) is 0 Å². The predicted molar refractivity (Wildman–Crippen MR) is 94.3 cm³/mol. The lowest BCUT2D eigenvalue weighted by Gasteiger charge is -2.10. The van der Waals surface area contributed by atoms with Crippen molar-refractivity contribution in [2.24, 2.45) is 0 Å². The van der Waals surface area contributed by atoms with Gasteiger partial charge in [-0.15, -0.1) is 0 Å². The van der Waals surface area contributed by atoms with Crippen molar-refractivity contribution < 1.29 is 21.6 Å². The van der Waals surface area contributed by atoms with Crippen molar-refractivity contribution in [2.45, 2.75) is 16.0 Å². The van der Waals surface area contributed by atoms with Crippen molar-refractivity contribution in [1.82, 2.24) is 4.98 Å². The second-order valence-electron chi connectivity index (χ2n) is 5.38. The van der Waals surface area contributed by atoms with Gasteiger partial charge in [-0.2, -0.15) is 13.2 Å². The fourth-order valence-electron chi connectivity index (χ4n) is 2.35. The summed E-state index contributed by atoms with van der Waals surface area (Å²) in [5.41, 5.74) is 0.240. The highest BCUT2D eigenvalue weighted by Gasteiger charge is 2.31. The van der Waals surface area contributed by atoms with Gasteiger partial charge < -0.3 is 0 Å². The van der Waals surface area contributed by atoms with E-state index in [9.17, 15) is 21.6 Å². The summed E-state index contributed by atoms with van der Waals surface area (Å²) in [6.07, 6.45) is -2.94. The van der Waals surface area contributed by atoms with Gasteiger partial charge >= 0.3 is 6.18 Å². The molecule has 0 bridgehead atoms. The maximum atomic E-state index is 12.8. The van der Waals surface area contributed by atoms with Crippen LogP contribution in [-0.2, 0) is 16.0 Å². The molecular formula is C18H11BrF3NO2S. The maximum absolute atomic E-state index is 12.8. The lowest BCUT2D eigenvalue weighted by Crippen LogP contribution is -2.07. The van der Waals surface area contributed by atoms with Crippen LogP contribution < -0.4 is 0 Å². The smallest absolute Gasteiger partial charge is 0.256 e. The quantitative estimate of drug-likeness (QED) is 0.549. The van der Waals surface area contributed by atoms with Gasteiger partial charge in [-0.3, -0.25) is 4.98 Å². The Balaban J connectivity index is 2.05. The Morgan fingerprint density at radius 3 is 2.12 bits per heavy atom. The zero-order valence-electron chi connectivity index (χ0n) is 13.0. The number of rotatable bonds is 3. The Morgan fingerprint density at radius 2 is 1.54 bits per heavy atom. The highest BCUT2D eigenvalue weighted by molar-refractivity contribution is 9.10. The number of pyridine rings is 1. The van der Waals surface area contributed by atoms with Gasteiger partial charge in [-0.05, 0) is 54.6 Å². The minimum atomic E-state index is -4.52. The molecule has 1 heterocycles. The summed E-state index contributed by atoms with van der Waals surface area (Å²) in [5, 5.41) is 0. The molecule has 0 aliphatic heterocycles. The van der Waals surface area contributed by atoms with Gasteiger partial charge in [0.25, 0.3) is 0 Å². The van der Waals surface area contributed by atoms with Crippen molar-refractivity contribution >= 4 is 25.8 Å². The van der Waals surface area contributed by atoms with Gasteiger partial charge in [-0.25, -0.2) is 8.42 Å². The number of benzene rings is 2. The van der Waals surface area contributed by atoms with Crippen LogP contribution in [-0.4, -0.2) is 13.4 Å². The van der Waals surface area contributed by atoms with E-state index >= 15 is 0 Å². The first-order valence-electron chi connectivity index (χ1n) is 7.33. The summed E-state index contributed by atoms with van der Waals surface area (Å²) in [5.74, 6) is 0. The number of aromatic nitrogens is 1. The molecule has 0 aliphatic rings. The number of halogens is 4. The molecule has 0 unspecified atom stereocenters. The molecule has 0 amide bonds. The third-order valence-corrected chi connectivity index (χ3v) is 6.14. The molecule has 134 valence electrons. The van der Waals surface area contributed by atoms with Crippen molar-refractivity contribution in [3.63, 3.8) is 0 Å². The van der Waals surface area contributed by atoms with Crippen LogP contribution in [0, 0.1) is 0 Å². The van der Waals surface area contributed by atoms with Crippen LogP contribution in [0.25, 0.3) is 11.3 Å². The lowest BCUT2D eigenvalue weighted by atomic mass is 10.1. The minimum Gasteiger partial charge on any atom is -0.256 e. The molecule has 3 aromatic rings. The van der Waals surface area contributed by atoms with E-state index in [1.165, 1.54) is 12.1 Å². The largest absolute Gasteiger partial charge is 0.416 e. The molecule has 0 saturated heterocycles. The van der Waals surface area contributed by atoms with Gasteiger partial charge in [0.05, 0.1) is 21.0 Å². The molecular weight excluding hydrogens is 431 g/mol. The molecule has 0 radical (unpaired) electrons. The van der Waals surface area contributed by atoms with E-state index in [1.807, 2.05) is 0 Å². The molecule has 8 heteroatoms. The zero-order valence-corrected chi connectivity index (χ0v) is 15.4. The first kappa shape index (κ1) is 18.6. The highest BCUT2D eigenvalue weighted by Crippen LogP contribution is 2.33. The van der Waals surface area contributed by atoms with E-state index in [2.05, 4.69) is 20.9 Å². The normalized spacial score (nSPS) is 12.2. The monoisotopic (exact) mass is 441 g/mol. The maximum Gasteiger partial charge on any atom is 0.416 e. The van der Waals surface area contributed by atoms with Crippen LogP contribution in [0.4, 0.5) is 13.2 Å². The molecule has 0 atom stereocenters. The third-order valence-electron chi connectivity index (χ3n) is 3.68. The fraction of sp³-hybridized carbons (Fsp3) is 0.0556. The number of alkyl halides is 3. The van der Waals surface area contributed by atoms with Crippen LogP contribution in [0.2, 0.25) is 0 Å². The van der Waals surface area contributed by atoms with Gasteiger partial charge in [-0.1, -0.05) is 22.0 Å². The second kappa shape index (κ2) is 6.85. The zero-order chi connectivity index (χ0) is 18.9. The van der Waals surface area contributed by atoms with E-state index in [1.54, 1.807) is 30.5 Å². The topological polar surface area (TPSA) is 47.0 Å². The highest BCUT2D eigenvalue weighted by atomic mass is 79.9. The van der Waals surface area contributed by atoms with E-state index < -0.39 is 21.6 Å². The SMILES string of the molecule is O=S(=O)(c1ccc(C(F)(F)F)cc1)c1ccc(Br)c(-c2ccccn2)c1. The van der Waals surface area contributed by atoms with Crippen LogP contribution in [0.1, 0.15) is 5.56 Å². The first-order chi connectivity index (χ1) is 12.2. The van der Waals surface area contributed by atoms with Crippen LogP contribution in [0.15, 0.2) is 81.1 Å². The molecule has 0 N–H and O–H groups in total. The van der Waals surface area contributed by atoms with Gasteiger partial charge in [0.15, 0.2) is 0 Å². The fourth-order valence-corrected chi connectivity index (χ4v) is 4.09. The van der Waals surface area contributed by atoms with E-state index in [0.717, 1.165) is 24.3 Å². The molecule has 3 rings (SSSR count). The molecule has 0 spiro atoms. The van der Waals surface area contributed by atoms with Crippen molar-refractivity contribution in [3.8, 4) is 11.3 Å². The Hall–Kier alpha value is -2.19. The molecule has 3 nitrogen and oxygen atoms in total. The molecule has 0 fully saturated rings. The van der Waals surface area contributed by atoms with E-state index in [0.29, 0.717) is 15.7 Å². The molecule has 0 saturated carbocycles. The Kier molecular flexibility index (Phi) is 4.90. The summed E-state index contributed by atoms with van der Waals surface area (Å²) < 4.78 is 64.2. The summed E-state index contributed by atoms with van der Waals surface area (Å²) in [4.78, 5) is 3.96. The van der Waals surface area contributed by atoms with Gasteiger partial charge in [0.1, 0.15) is 0 Å². The van der Waals surface area contributed by atoms with Gasteiger partial charge in [0, 0.05) is 16.2 Å². The van der Waals surface area contributed by atoms with Crippen LogP contribution >= 0.6 is 15.9 Å². The van der Waals surface area contributed by atoms with Crippen LogP contribution in [0.3, 0.4) is 0 Å². The Bertz CT molecular complexity index is 1030. The van der Waals surface area contributed by atoms with Gasteiger partial charge in [0.2, 0.25) is 9.84 Å². The minimum absolute atomic E-state index is 0.0267. The molecule has 2 aromatic carbocycles. The third kappa shape index (κ3) is 3.66. The predicted octanol–water partition coefficient (Wildman–Crippen LogP) is 5.36. The number of hydrogen-bond donors (Lipinski definition) is 0. The summed E-state index contributed by atoms with van der Waals surface area (Å²) >= 11 is 3.36. The Morgan fingerprint density at radius 1 is 0.885 bits per heavy atom. The Labute approximate surface area is 156 Å². The number of nitrogens with zero attached hydrogens (tertiary/aromatic N) is 1. The van der Waals surface area contributed by atoms with E-state index in [-0.39, 0.29) is 9.79 Å². The lowest BCUT2D eigenvalue weighted by molar-refractivity contribution is -0.137. The van der Waals surface area contributed by atoms with Crippen LogP contribution in [0.5, 0.6) is 0 Å². The summed E-state index contributed by atoms with van der Waals surface area (Å²) in [7, 11) is -3.96. The first-order valence-corrected chi connectivity index (χ1v) is 9.60. The molecule has 0 aliphatic carbocycles. The summed E-state index contributed by atoms with van der Waals surface area (Å²) in [6.45, 7) is 0. The summed E-state index contributed by atoms with van der Waals surface area (Å²) in [6, 6.07) is 13.1.